The van der Waals surface area contributed by atoms with Gasteiger partial charge >= 0.3 is 0 Å². The Morgan fingerprint density at radius 1 is 1.00 bits per heavy atom. The number of amides is 1. The molecule has 0 aliphatic heterocycles. The lowest BCUT2D eigenvalue weighted by Crippen LogP contribution is -2.11. The van der Waals surface area contributed by atoms with Crippen molar-refractivity contribution in [2.75, 3.05) is 17.2 Å². The van der Waals surface area contributed by atoms with Crippen LogP contribution in [0, 0.1) is 5.82 Å². The summed E-state index contributed by atoms with van der Waals surface area (Å²) >= 11 is 0. The van der Waals surface area contributed by atoms with Crippen molar-refractivity contribution in [1.29, 1.82) is 0 Å². The number of anilines is 2. The Morgan fingerprint density at radius 3 is 2.20 bits per heavy atom. The van der Waals surface area contributed by atoms with Gasteiger partial charge in [-0.15, -0.1) is 0 Å². The number of hydrogen-bond acceptors (Lipinski definition) is 2. The summed E-state index contributed by atoms with van der Waals surface area (Å²) in [6.07, 6.45) is 1.05. The topological polar surface area (TPSA) is 41.1 Å². The van der Waals surface area contributed by atoms with Gasteiger partial charge in [-0.1, -0.05) is 6.92 Å². The molecule has 0 bridgehead atoms. The highest BCUT2D eigenvalue weighted by Gasteiger charge is 2.05. The second-order valence-corrected chi connectivity index (χ2v) is 4.47. The number of rotatable bonds is 5. The van der Waals surface area contributed by atoms with Gasteiger partial charge in [0.15, 0.2) is 0 Å². The Balaban J connectivity index is 2.00. The smallest absolute Gasteiger partial charge is 0.255 e. The van der Waals surface area contributed by atoms with Crippen molar-refractivity contribution in [2.45, 2.75) is 13.3 Å². The van der Waals surface area contributed by atoms with E-state index < -0.39 is 0 Å². The lowest BCUT2D eigenvalue weighted by atomic mass is 10.2. The fourth-order valence-electron chi connectivity index (χ4n) is 1.75. The molecular weight excluding hydrogens is 255 g/mol. The summed E-state index contributed by atoms with van der Waals surface area (Å²) in [5, 5.41) is 5.97. The average molecular weight is 272 g/mol. The van der Waals surface area contributed by atoms with Crippen molar-refractivity contribution in [3.63, 3.8) is 0 Å². The van der Waals surface area contributed by atoms with E-state index in [2.05, 4.69) is 17.6 Å². The molecule has 2 aromatic rings. The van der Waals surface area contributed by atoms with Crippen molar-refractivity contribution in [2.24, 2.45) is 0 Å². The molecule has 0 heterocycles. The van der Waals surface area contributed by atoms with Gasteiger partial charge in [0.05, 0.1) is 0 Å². The van der Waals surface area contributed by atoms with Crippen LogP contribution in [0.15, 0.2) is 48.5 Å². The summed E-state index contributed by atoms with van der Waals surface area (Å²) in [4.78, 5) is 12.0. The fourth-order valence-corrected chi connectivity index (χ4v) is 1.75. The Kier molecular flexibility index (Phi) is 4.71. The van der Waals surface area contributed by atoms with E-state index in [9.17, 15) is 9.18 Å². The molecule has 0 atom stereocenters. The van der Waals surface area contributed by atoms with E-state index in [4.69, 9.17) is 0 Å². The van der Waals surface area contributed by atoms with Gasteiger partial charge in [-0.25, -0.2) is 4.39 Å². The van der Waals surface area contributed by atoms with Crippen LogP contribution in [0.4, 0.5) is 15.8 Å². The van der Waals surface area contributed by atoms with E-state index in [1.807, 2.05) is 12.1 Å². The van der Waals surface area contributed by atoms with Gasteiger partial charge in [0, 0.05) is 23.5 Å². The van der Waals surface area contributed by atoms with E-state index >= 15 is 0 Å². The van der Waals surface area contributed by atoms with Crippen LogP contribution >= 0.6 is 0 Å². The second kappa shape index (κ2) is 6.70. The van der Waals surface area contributed by atoms with Crippen LogP contribution in [0.2, 0.25) is 0 Å². The maximum absolute atomic E-state index is 12.8. The minimum Gasteiger partial charge on any atom is -0.385 e. The van der Waals surface area contributed by atoms with Gasteiger partial charge in [-0.3, -0.25) is 4.79 Å². The monoisotopic (exact) mass is 272 g/mol. The Morgan fingerprint density at radius 2 is 1.60 bits per heavy atom. The number of benzene rings is 2. The lowest BCUT2D eigenvalue weighted by molar-refractivity contribution is 0.102. The van der Waals surface area contributed by atoms with Gasteiger partial charge in [-0.2, -0.15) is 0 Å². The fraction of sp³-hybridized carbons (Fsp3) is 0.188. The minimum absolute atomic E-state index is 0.210. The van der Waals surface area contributed by atoms with Crippen LogP contribution in [-0.4, -0.2) is 12.5 Å². The minimum atomic E-state index is -0.325. The molecular formula is C16H17FN2O. The van der Waals surface area contributed by atoms with Crippen LogP contribution in [0.25, 0.3) is 0 Å². The molecule has 4 heteroatoms. The molecule has 0 unspecified atom stereocenters. The van der Waals surface area contributed by atoms with Crippen molar-refractivity contribution < 1.29 is 9.18 Å². The number of halogens is 1. The first-order valence-electron chi connectivity index (χ1n) is 6.60. The molecule has 0 aliphatic rings. The first kappa shape index (κ1) is 14.1. The summed E-state index contributed by atoms with van der Waals surface area (Å²) in [7, 11) is 0. The average Bonchev–Trinajstić information content (AvgIpc) is 2.48. The SMILES string of the molecule is CCCNc1ccc(C(=O)Nc2ccc(F)cc2)cc1. The molecule has 0 fully saturated rings. The van der Waals surface area contributed by atoms with E-state index in [1.54, 1.807) is 12.1 Å². The molecule has 0 aliphatic carbocycles. The molecule has 1 amide bonds. The van der Waals surface area contributed by atoms with Crippen LogP contribution in [-0.2, 0) is 0 Å². The van der Waals surface area contributed by atoms with Gasteiger partial charge in [0.2, 0.25) is 0 Å². The summed E-state index contributed by atoms with van der Waals surface area (Å²) < 4.78 is 12.8. The van der Waals surface area contributed by atoms with Crippen LogP contribution in [0.3, 0.4) is 0 Å². The zero-order valence-corrected chi connectivity index (χ0v) is 11.3. The predicted molar refractivity (Wildman–Crippen MR) is 79.6 cm³/mol. The number of carbonyl (C=O) groups excluding carboxylic acids is 1. The molecule has 3 nitrogen and oxygen atoms in total. The van der Waals surface area contributed by atoms with Crippen LogP contribution < -0.4 is 10.6 Å². The molecule has 104 valence electrons. The van der Waals surface area contributed by atoms with Gasteiger partial charge in [-0.05, 0) is 55.0 Å². The molecule has 0 spiro atoms. The van der Waals surface area contributed by atoms with Gasteiger partial charge in [0.1, 0.15) is 5.82 Å². The summed E-state index contributed by atoms with van der Waals surface area (Å²) in [6, 6.07) is 13.0. The zero-order chi connectivity index (χ0) is 14.4. The van der Waals surface area contributed by atoms with E-state index in [0.29, 0.717) is 11.3 Å². The first-order valence-corrected chi connectivity index (χ1v) is 6.60. The lowest BCUT2D eigenvalue weighted by Gasteiger charge is -2.07. The van der Waals surface area contributed by atoms with Crippen LogP contribution in [0.5, 0.6) is 0 Å². The molecule has 0 saturated heterocycles. The standard InChI is InChI=1S/C16H17FN2O/c1-2-11-18-14-7-3-12(4-8-14)16(20)19-15-9-5-13(17)6-10-15/h3-10,18H,2,11H2,1H3,(H,19,20). The maximum atomic E-state index is 12.8. The van der Waals surface area contributed by atoms with E-state index in [-0.39, 0.29) is 11.7 Å². The largest absolute Gasteiger partial charge is 0.385 e. The number of nitrogens with one attached hydrogen (secondary N) is 2. The Labute approximate surface area is 117 Å². The quantitative estimate of drug-likeness (QED) is 0.866. The zero-order valence-electron chi connectivity index (χ0n) is 11.3. The molecule has 2 rings (SSSR count). The normalized spacial score (nSPS) is 10.1. The predicted octanol–water partition coefficient (Wildman–Crippen LogP) is 3.90. The van der Waals surface area contributed by atoms with Crippen molar-refractivity contribution in [1.82, 2.24) is 0 Å². The maximum Gasteiger partial charge on any atom is 0.255 e. The summed E-state index contributed by atoms with van der Waals surface area (Å²) in [5.41, 5.74) is 2.13. The highest BCUT2D eigenvalue weighted by Crippen LogP contribution is 2.13. The third kappa shape index (κ3) is 3.82. The summed E-state index contributed by atoms with van der Waals surface area (Å²) in [6.45, 7) is 3.00. The van der Waals surface area contributed by atoms with E-state index in [0.717, 1.165) is 18.7 Å². The number of hydrogen-bond donors (Lipinski definition) is 2. The molecule has 2 N–H and O–H groups in total. The second-order valence-electron chi connectivity index (χ2n) is 4.47. The third-order valence-corrected chi connectivity index (χ3v) is 2.83. The molecule has 0 radical (unpaired) electrons. The highest BCUT2D eigenvalue weighted by atomic mass is 19.1. The van der Waals surface area contributed by atoms with Crippen LogP contribution in [0.1, 0.15) is 23.7 Å². The van der Waals surface area contributed by atoms with Crippen molar-refractivity contribution in [3.05, 3.63) is 59.9 Å². The molecule has 20 heavy (non-hydrogen) atoms. The third-order valence-electron chi connectivity index (χ3n) is 2.83. The summed E-state index contributed by atoms with van der Waals surface area (Å²) in [5.74, 6) is -0.534. The van der Waals surface area contributed by atoms with E-state index in [1.165, 1.54) is 24.3 Å². The van der Waals surface area contributed by atoms with Crippen molar-refractivity contribution >= 4 is 17.3 Å². The van der Waals surface area contributed by atoms with Gasteiger partial charge < -0.3 is 10.6 Å². The Bertz CT molecular complexity index is 564. The number of carbonyl (C=O) groups is 1. The first-order chi connectivity index (χ1) is 9.69. The molecule has 2 aromatic carbocycles. The van der Waals surface area contributed by atoms with Crippen molar-refractivity contribution in [3.8, 4) is 0 Å². The molecule has 0 saturated carbocycles. The Hall–Kier alpha value is -2.36. The highest BCUT2D eigenvalue weighted by molar-refractivity contribution is 6.04. The van der Waals surface area contributed by atoms with Gasteiger partial charge in [0.25, 0.3) is 5.91 Å². The molecule has 0 aromatic heterocycles.